The molecular formula is C14H28NO3+. The van der Waals surface area contributed by atoms with Crippen LogP contribution in [0.4, 0.5) is 0 Å². The smallest absolute Gasteiger partial charge is 0.303 e. The van der Waals surface area contributed by atoms with Gasteiger partial charge in [-0.3, -0.25) is 4.79 Å². The van der Waals surface area contributed by atoms with E-state index in [1.807, 2.05) is 20.2 Å². The van der Waals surface area contributed by atoms with E-state index in [4.69, 9.17) is 5.11 Å². The molecule has 0 rings (SSSR count). The Morgan fingerprint density at radius 3 is 2.56 bits per heavy atom. The van der Waals surface area contributed by atoms with Crippen molar-refractivity contribution in [1.82, 2.24) is 0 Å². The molecule has 0 aromatic heterocycles. The second-order valence-electron chi connectivity index (χ2n) is 5.57. The summed E-state index contributed by atoms with van der Waals surface area (Å²) < 4.78 is 0.676. The normalized spacial score (nSPS) is 13.3. The Morgan fingerprint density at radius 1 is 1.33 bits per heavy atom. The zero-order valence-corrected chi connectivity index (χ0v) is 11.8. The number of aliphatic hydroxyl groups excluding tert-OH is 1. The van der Waals surface area contributed by atoms with Crippen molar-refractivity contribution in [3.05, 3.63) is 12.7 Å². The van der Waals surface area contributed by atoms with E-state index in [-0.39, 0.29) is 12.5 Å². The van der Waals surface area contributed by atoms with Crippen molar-refractivity contribution in [2.75, 3.05) is 27.2 Å². The zero-order valence-electron chi connectivity index (χ0n) is 11.8. The van der Waals surface area contributed by atoms with E-state index in [1.54, 1.807) is 0 Å². The van der Waals surface area contributed by atoms with Gasteiger partial charge in [0.1, 0.15) is 12.6 Å². The van der Waals surface area contributed by atoms with Crippen LogP contribution >= 0.6 is 0 Å². The summed E-state index contributed by atoms with van der Waals surface area (Å²) >= 11 is 0. The second kappa shape index (κ2) is 9.11. The molecule has 0 heterocycles. The van der Waals surface area contributed by atoms with Gasteiger partial charge < -0.3 is 14.7 Å². The molecule has 4 nitrogen and oxygen atoms in total. The number of carbonyl (C=O) groups is 1. The molecule has 2 N–H and O–H groups in total. The van der Waals surface area contributed by atoms with Gasteiger partial charge in [-0.05, 0) is 19.3 Å². The Hall–Kier alpha value is -0.870. The summed E-state index contributed by atoms with van der Waals surface area (Å²) in [7, 11) is 4.07. The van der Waals surface area contributed by atoms with E-state index >= 15 is 0 Å². The van der Waals surface area contributed by atoms with Crippen LogP contribution in [-0.2, 0) is 4.79 Å². The summed E-state index contributed by atoms with van der Waals surface area (Å²) in [5.74, 6) is -0.750. The van der Waals surface area contributed by atoms with Crippen molar-refractivity contribution in [2.24, 2.45) is 0 Å². The van der Waals surface area contributed by atoms with Gasteiger partial charge in [0.2, 0.25) is 0 Å². The average Bonchev–Trinajstić information content (AvgIpc) is 2.22. The summed E-state index contributed by atoms with van der Waals surface area (Å²) in [6, 6.07) is 0. The van der Waals surface area contributed by atoms with Crippen LogP contribution in [0.3, 0.4) is 0 Å². The molecule has 0 aliphatic heterocycles. The summed E-state index contributed by atoms with van der Waals surface area (Å²) in [6.07, 6.45) is 6.38. The molecule has 0 saturated heterocycles. The molecule has 18 heavy (non-hydrogen) atoms. The number of allylic oxidation sites excluding steroid dienone is 1. The number of hydrogen-bond acceptors (Lipinski definition) is 2. The maximum atomic E-state index is 10.4. The number of carboxylic acids is 1. The number of quaternary nitrogens is 1. The van der Waals surface area contributed by atoms with Crippen molar-refractivity contribution >= 4 is 5.97 Å². The van der Waals surface area contributed by atoms with E-state index in [0.29, 0.717) is 17.4 Å². The molecule has 106 valence electrons. The number of carboxylic acid groups (broad SMARTS) is 1. The molecule has 1 unspecified atom stereocenters. The van der Waals surface area contributed by atoms with Gasteiger partial charge in [-0.15, -0.1) is 6.58 Å². The predicted molar refractivity (Wildman–Crippen MR) is 73.4 cm³/mol. The molecular weight excluding hydrogens is 230 g/mol. The van der Waals surface area contributed by atoms with Crippen molar-refractivity contribution in [2.45, 2.75) is 44.6 Å². The molecule has 0 saturated carbocycles. The lowest BCUT2D eigenvalue weighted by Crippen LogP contribution is -2.46. The summed E-state index contributed by atoms with van der Waals surface area (Å²) in [5, 5.41) is 18.5. The van der Waals surface area contributed by atoms with Gasteiger partial charge in [0.05, 0.1) is 27.1 Å². The minimum Gasteiger partial charge on any atom is -0.481 e. The van der Waals surface area contributed by atoms with Crippen LogP contribution in [0.15, 0.2) is 12.7 Å². The second-order valence-corrected chi connectivity index (χ2v) is 5.57. The third-order valence-corrected chi connectivity index (χ3v) is 3.05. The quantitative estimate of drug-likeness (QED) is 0.339. The highest BCUT2D eigenvalue weighted by Crippen LogP contribution is 2.09. The Bertz CT molecular complexity index is 251. The molecule has 0 aromatic carbocycles. The monoisotopic (exact) mass is 258 g/mol. The first-order valence-electron chi connectivity index (χ1n) is 6.70. The SMILES string of the molecule is C=CCCCCC(O)C[N+](C)(C)CCCC(=O)O. The lowest BCUT2D eigenvalue weighted by atomic mass is 10.1. The van der Waals surface area contributed by atoms with E-state index in [2.05, 4.69) is 6.58 Å². The molecule has 0 amide bonds. The summed E-state index contributed by atoms with van der Waals surface area (Å²) in [6.45, 7) is 5.15. The first-order valence-corrected chi connectivity index (χ1v) is 6.70. The third-order valence-electron chi connectivity index (χ3n) is 3.05. The van der Waals surface area contributed by atoms with Crippen LogP contribution in [0.2, 0.25) is 0 Å². The van der Waals surface area contributed by atoms with E-state index in [0.717, 1.165) is 32.2 Å². The molecule has 0 aliphatic carbocycles. The fourth-order valence-electron chi connectivity index (χ4n) is 2.08. The van der Waals surface area contributed by atoms with Crippen molar-refractivity contribution in [3.8, 4) is 0 Å². The number of likely N-dealkylation sites (N-methyl/N-ethyl adjacent to an activating group) is 1. The van der Waals surface area contributed by atoms with Gasteiger partial charge in [-0.1, -0.05) is 12.5 Å². The minimum atomic E-state index is -0.750. The molecule has 0 spiro atoms. The van der Waals surface area contributed by atoms with Crippen LogP contribution in [-0.4, -0.2) is 54.0 Å². The van der Waals surface area contributed by atoms with Crippen molar-refractivity contribution in [1.29, 1.82) is 0 Å². The number of aliphatic hydroxyl groups is 1. The number of nitrogens with zero attached hydrogens (tertiary/aromatic N) is 1. The standard InChI is InChI=1S/C14H27NO3/c1-4-5-6-7-9-13(16)12-15(2,3)11-8-10-14(17)18/h4,13,16H,1,5-12H2,2-3H3/p+1. The maximum Gasteiger partial charge on any atom is 0.303 e. The molecule has 0 aliphatic rings. The fourth-order valence-corrected chi connectivity index (χ4v) is 2.08. The lowest BCUT2D eigenvalue weighted by Gasteiger charge is -2.31. The molecule has 0 radical (unpaired) electrons. The highest BCUT2D eigenvalue weighted by atomic mass is 16.4. The molecule has 4 heteroatoms. The molecule has 1 atom stereocenters. The number of unbranched alkanes of at least 4 members (excludes halogenated alkanes) is 2. The van der Waals surface area contributed by atoms with Gasteiger partial charge in [0.25, 0.3) is 0 Å². The first-order chi connectivity index (χ1) is 8.37. The maximum absolute atomic E-state index is 10.4. The number of hydrogen-bond donors (Lipinski definition) is 2. The fraction of sp³-hybridized carbons (Fsp3) is 0.786. The Balaban J connectivity index is 3.77. The highest BCUT2D eigenvalue weighted by Gasteiger charge is 2.20. The predicted octanol–water partition coefficient (Wildman–Crippen LogP) is 2.03. The highest BCUT2D eigenvalue weighted by molar-refractivity contribution is 5.66. The van der Waals surface area contributed by atoms with Crippen LogP contribution in [0, 0.1) is 0 Å². The zero-order chi connectivity index (χ0) is 14.0. The molecule has 0 fully saturated rings. The van der Waals surface area contributed by atoms with Gasteiger partial charge in [0, 0.05) is 6.42 Å². The Labute approximate surface area is 111 Å². The van der Waals surface area contributed by atoms with Gasteiger partial charge in [0.15, 0.2) is 0 Å². The van der Waals surface area contributed by atoms with E-state index < -0.39 is 5.97 Å². The van der Waals surface area contributed by atoms with Crippen LogP contribution in [0.25, 0.3) is 0 Å². The van der Waals surface area contributed by atoms with Gasteiger partial charge in [-0.2, -0.15) is 0 Å². The van der Waals surface area contributed by atoms with Crippen molar-refractivity contribution in [3.63, 3.8) is 0 Å². The topological polar surface area (TPSA) is 57.5 Å². The first kappa shape index (κ1) is 17.1. The summed E-state index contributed by atoms with van der Waals surface area (Å²) in [5.41, 5.74) is 0. The molecule has 0 aromatic rings. The number of rotatable bonds is 11. The largest absolute Gasteiger partial charge is 0.481 e. The van der Waals surface area contributed by atoms with Crippen LogP contribution in [0.1, 0.15) is 38.5 Å². The lowest BCUT2D eigenvalue weighted by molar-refractivity contribution is -0.893. The van der Waals surface area contributed by atoms with E-state index in [9.17, 15) is 9.90 Å². The van der Waals surface area contributed by atoms with Gasteiger partial charge in [-0.25, -0.2) is 0 Å². The van der Waals surface area contributed by atoms with E-state index in [1.165, 1.54) is 0 Å². The number of aliphatic carboxylic acids is 1. The molecule has 0 bridgehead atoms. The van der Waals surface area contributed by atoms with Crippen LogP contribution < -0.4 is 0 Å². The Kier molecular flexibility index (Phi) is 8.67. The summed E-state index contributed by atoms with van der Waals surface area (Å²) in [4.78, 5) is 10.4. The van der Waals surface area contributed by atoms with Gasteiger partial charge >= 0.3 is 5.97 Å². The minimum absolute atomic E-state index is 0.205. The Morgan fingerprint density at radius 2 is 2.00 bits per heavy atom. The average molecular weight is 258 g/mol. The van der Waals surface area contributed by atoms with Crippen LogP contribution in [0.5, 0.6) is 0 Å². The van der Waals surface area contributed by atoms with Crippen molar-refractivity contribution < 1.29 is 19.5 Å². The third kappa shape index (κ3) is 10.3.